The van der Waals surface area contributed by atoms with E-state index in [0.29, 0.717) is 0 Å². The van der Waals surface area contributed by atoms with Crippen LogP contribution < -0.4 is 5.32 Å². The van der Waals surface area contributed by atoms with Crippen molar-refractivity contribution < 1.29 is 9.53 Å². The Morgan fingerprint density at radius 2 is 2.17 bits per heavy atom. The summed E-state index contributed by atoms with van der Waals surface area (Å²) in [5.74, 6) is -0.375. The van der Waals surface area contributed by atoms with Crippen molar-refractivity contribution in [2.75, 3.05) is 11.9 Å². The molecular weight excluding hydrogens is 362 g/mol. The predicted molar refractivity (Wildman–Crippen MR) is 116 cm³/mol. The van der Waals surface area contributed by atoms with Gasteiger partial charge in [0.1, 0.15) is 11.6 Å². The van der Waals surface area contributed by atoms with E-state index >= 15 is 0 Å². The molecular formula is C24H29N3O2. The van der Waals surface area contributed by atoms with Gasteiger partial charge in [-0.2, -0.15) is 5.26 Å². The van der Waals surface area contributed by atoms with E-state index in [9.17, 15) is 10.1 Å². The number of hydrogen-bond donors (Lipinski definition) is 1. The number of carbonyl (C=O) groups is 1. The van der Waals surface area contributed by atoms with Crippen molar-refractivity contribution in [3.05, 3.63) is 57.9 Å². The van der Waals surface area contributed by atoms with E-state index in [1.165, 1.54) is 0 Å². The number of hydrogen-bond acceptors (Lipinski definition) is 3. The predicted octanol–water partition coefficient (Wildman–Crippen LogP) is 4.70. The fourth-order valence-corrected chi connectivity index (χ4v) is 3.93. The Balaban J connectivity index is 1.85. The topological polar surface area (TPSA) is 67.0 Å². The third kappa shape index (κ3) is 4.60. The molecule has 2 heterocycles. The van der Waals surface area contributed by atoms with Crippen molar-refractivity contribution in [2.24, 2.45) is 0 Å². The number of nitrogens with zero attached hydrogens (tertiary/aromatic N) is 2. The molecule has 0 saturated carbocycles. The quantitative estimate of drug-likeness (QED) is 0.573. The van der Waals surface area contributed by atoms with Crippen LogP contribution in [0, 0.1) is 32.1 Å². The summed E-state index contributed by atoms with van der Waals surface area (Å²) in [7, 11) is 0. The fraction of sp³-hybridized carbons (Fsp3) is 0.417. The van der Waals surface area contributed by atoms with Gasteiger partial charge in [0.15, 0.2) is 0 Å². The molecule has 1 N–H and O–H groups in total. The van der Waals surface area contributed by atoms with Gasteiger partial charge in [-0.3, -0.25) is 4.79 Å². The normalized spacial score (nSPS) is 16.7. The van der Waals surface area contributed by atoms with Gasteiger partial charge in [-0.1, -0.05) is 25.1 Å². The fourth-order valence-electron chi connectivity index (χ4n) is 3.93. The Kier molecular flexibility index (Phi) is 6.56. The Labute approximate surface area is 173 Å². The summed E-state index contributed by atoms with van der Waals surface area (Å²) in [6, 6.07) is 10.0. The highest BCUT2D eigenvalue weighted by atomic mass is 16.5. The Hall–Kier alpha value is -2.84. The van der Waals surface area contributed by atoms with Crippen molar-refractivity contribution in [3.63, 3.8) is 0 Å². The van der Waals surface area contributed by atoms with Crippen molar-refractivity contribution >= 4 is 17.7 Å². The van der Waals surface area contributed by atoms with Gasteiger partial charge >= 0.3 is 0 Å². The lowest BCUT2D eigenvalue weighted by Crippen LogP contribution is -2.17. The third-order valence-electron chi connectivity index (χ3n) is 5.67. The number of anilines is 1. The minimum absolute atomic E-state index is 0.104. The zero-order valence-corrected chi connectivity index (χ0v) is 17.7. The molecule has 3 rings (SSSR count). The molecule has 2 aromatic rings. The Bertz CT molecular complexity index is 973. The smallest absolute Gasteiger partial charge is 0.266 e. The highest BCUT2D eigenvalue weighted by molar-refractivity contribution is 6.10. The number of rotatable bonds is 6. The Morgan fingerprint density at radius 1 is 1.38 bits per heavy atom. The van der Waals surface area contributed by atoms with Crippen LogP contribution in [-0.2, 0) is 22.5 Å². The molecule has 1 aliphatic heterocycles. The van der Waals surface area contributed by atoms with Crippen LogP contribution in [0.1, 0.15) is 47.8 Å². The molecule has 5 nitrogen and oxygen atoms in total. The summed E-state index contributed by atoms with van der Waals surface area (Å²) >= 11 is 0. The second-order valence-corrected chi connectivity index (χ2v) is 7.66. The number of nitriles is 1. The van der Waals surface area contributed by atoms with Crippen LogP contribution in [0.5, 0.6) is 0 Å². The number of benzene rings is 1. The Morgan fingerprint density at radius 3 is 2.83 bits per heavy atom. The summed E-state index contributed by atoms with van der Waals surface area (Å²) in [6.45, 7) is 9.72. The van der Waals surface area contributed by atoms with Crippen LogP contribution in [-0.4, -0.2) is 23.2 Å². The first-order valence-electron chi connectivity index (χ1n) is 10.2. The van der Waals surface area contributed by atoms with Crippen LogP contribution in [0.3, 0.4) is 0 Å². The molecule has 1 saturated heterocycles. The summed E-state index contributed by atoms with van der Waals surface area (Å²) in [5.41, 5.74) is 6.00. The van der Waals surface area contributed by atoms with Crippen molar-refractivity contribution in [3.8, 4) is 6.07 Å². The molecule has 0 spiro atoms. The average molecular weight is 392 g/mol. The first-order chi connectivity index (χ1) is 13.9. The summed E-state index contributed by atoms with van der Waals surface area (Å²) < 4.78 is 7.98. The zero-order chi connectivity index (χ0) is 21.0. The molecule has 0 radical (unpaired) electrons. The van der Waals surface area contributed by atoms with E-state index in [4.69, 9.17) is 4.74 Å². The molecule has 1 amide bonds. The van der Waals surface area contributed by atoms with Gasteiger partial charge in [0.05, 0.1) is 6.10 Å². The average Bonchev–Trinajstić information content (AvgIpc) is 3.31. The molecule has 1 atom stereocenters. The zero-order valence-electron chi connectivity index (χ0n) is 17.7. The van der Waals surface area contributed by atoms with Crippen molar-refractivity contribution in [2.45, 2.75) is 59.6 Å². The van der Waals surface area contributed by atoms with E-state index < -0.39 is 0 Å². The minimum atomic E-state index is -0.375. The lowest BCUT2D eigenvalue weighted by Gasteiger charge is -2.14. The lowest BCUT2D eigenvalue weighted by atomic mass is 10.0. The number of ether oxygens (including phenoxy) is 1. The molecule has 0 unspecified atom stereocenters. The number of para-hydroxylation sites is 1. The monoisotopic (exact) mass is 391 g/mol. The van der Waals surface area contributed by atoms with Crippen LogP contribution in [0.2, 0.25) is 0 Å². The van der Waals surface area contributed by atoms with E-state index in [1.807, 2.05) is 52.0 Å². The number of aromatic nitrogens is 1. The second-order valence-electron chi connectivity index (χ2n) is 7.66. The molecule has 29 heavy (non-hydrogen) atoms. The molecule has 0 bridgehead atoms. The lowest BCUT2D eigenvalue weighted by molar-refractivity contribution is -0.112. The number of nitrogens with one attached hydrogen (secondary N) is 1. The van der Waals surface area contributed by atoms with Crippen LogP contribution in [0.15, 0.2) is 29.8 Å². The van der Waals surface area contributed by atoms with Gasteiger partial charge in [-0.25, -0.2) is 0 Å². The van der Waals surface area contributed by atoms with Gasteiger partial charge < -0.3 is 14.6 Å². The maximum Gasteiger partial charge on any atom is 0.266 e. The summed E-state index contributed by atoms with van der Waals surface area (Å²) in [4.78, 5) is 12.8. The van der Waals surface area contributed by atoms with E-state index in [0.717, 1.165) is 66.2 Å². The number of aryl methyl sites for hydroxylation is 3. The van der Waals surface area contributed by atoms with Gasteiger partial charge in [-0.05, 0) is 68.9 Å². The van der Waals surface area contributed by atoms with Crippen molar-refractivity contribution in [1.82, 2.24) is 4.57 Å². The standard InChI is InChI=1S/C24H29N3O2/c1-5-19-9-6-8-16(2)23(19)26-24(28)21(14-25)13-20-12-17(3)27(18(20)4)15-22-10-7-11-29-22/h6,8-9,12-13,22H,5,7,10-11,15H2,1-4H3,(H,26,28)/b21-13+/t22-/m0/s1. The molecule has 1 aliphatic rings. The molecule has 0 aliphatic carbocycles. The van der Waals surface area contributed by atoms with Crippen LogP contribution in [0.25, 0.3) is 6.08 Å². The SMILES string of the molecule is CCc1cccc(C)c1NC(=O)/C(C#N)=C/c1cc(C)n(C[C@@H]2CCCO2)c1C. The highest BCUT2D eigenvalue weighted by Gasteiger charge is 2.19. The minimum Gasteiger partial charge on any atom is -0.376 e. The van der Waals surface area contributed by atoms with E-state index in [-0.39, 0.29) is 17.6 Å². The molecule has 5 heteroatoms. The van der Waals surface area contributed by atoms with Crippen molar-refractivity contribution in [1.29, 1.82) is 5.26 Å². The maximum atomic E-state index is 12.8. The van der Waals surface area contributed by atoms with Crippen LogP contribution >= 0.6 is 0 Å². The summed E-state index contributed by atoms with van der Waals surface area (Å²) in [6.07, 6.45) is 4.92. The first-order valence-corrected chi connectivity index (χ1v) is 10.2. The largest absolute Gasteiger partial charge is 0.376 e. The first kappa shape index (κ1) is 20.9. The van der Waals surface area contributed by atoms with Gasteiger partial charge in [0.2, 0.25) is 0 Å². The van der Waals surface area contributed by atoms with Gasteiger partial charge in [0.25, 0.3) is 5.91 Å². The molecule has 1 aromatic heterocycles. The molecule has 1 fully saturated rings. The number of amides is 1. The van der Waals surface area contributed by atoms with Gasteiger partial charge in [-0.15, -0.1) is 0 Å². The van der Waals surface area contributed by atoms with E-state index in [1.54, 1.807) is 6.08 Å². The molecule has 1 aromatic carbocycles. The van der Waals surface area contributed by atoms with Crippen LogP contribution in [0.4, 0.5) is 5.69 Å². The maximum absolute atomic E-state index is 12.8. The second kappa shape index (κ2) is 9.11. The highest BCUT2D eigenvalue weighted by Crippen LogP contribution is 2.24. The number of carbonyl (C=O) groups excluding carboxylic acids is 1. The van der Waals surface area contributed by atoms with Gasteiger partial charge in [0, 0.05) is 30.2 Å². The van der Waals surface area contributed by atoms with E-state index in [2.05, 4.69) is 16.0 Å². The molecule has 152 valence electrons. The summed E-state index contributed by atoms with van der Waals surface area (Å²) in [5, 5.41) is 12.6. The third-order valence-corrected chi connectivity index (χ3v) is 5.67.